The molecular weight excluding hydrogens is 369 g/mol. The Morgan fingerprint density at radius 3 is 2.54 bits per heavy atom. The van der Waals surface area contributed by atoms with Crippen molar-refractivity contribution in [3.63, 3.8) is 0 Å². The van der Waals surface area contributed by atoms with E-state index in [2.05, 4.69) is 14.8 Å². The number of sulfonamides is 1. The fourth-order valence-corrected chi connectivity index (χ4v) is 3.38. The first-order valence-electron chi connectivity index (χ1n) is 7.35. The minimum atomic E-state index is -4.62. The third-order valence-corrected chi connectivity index (χ3v) is 4.84. The number of alkyl halides is 3. The van der Waals surface area contributed by atoms with Crippen molar-refractivity contribution < 1.29 is 21.6 Å². The molecule has 0 saturated carbocycles. The van der Waals surface area contributed by atoms with Gasteiger partial charge in [-0.3, -0.25) is 4.72 Å². The lowest BCUT2D eigenvalue weighted by atomic mass is 10.2. The predicted octanol–water partition coefficient (Wildman–Crippen LogP) is 3.15. The van der Waals surface area contributed by atoms with Gasteiger partial charge >= 0.3 is 6.18 Å². The molecule has 3 aromatic rings. The van der Waals surface area contributed by atoms with Crippen LogP contribution in [0, 0.1) is 0 Å². The molecule has 0 unspecified atom stereocenters. The maximum absolute atomic E-state index is 12.8. The average molecular weight is 382 g/mol. The summed E-state index contributed by atoms with van der Waals surface area (Å²) in [5, 5.41) is 3.96. The minimum Gasteiger partial charge on any atom is -0.280 e. The lowest BCUT2D eigenvalue weighted by Gasteiger charge is -2.12. The maximum atomic E-state index is 12.8. The van der Waals surface area contributed by atoms with E-state index in [1.807, 2.05) is 0 Å². The number of nitrogens with zero attached hydrogens (tertiary/aromatic N) is 3. The smallest absolute Gasteiger partial charge is 0.280 e. The molecule has 2 aromatic carbocycles. The zero-order valence-corrected chi connectivity index (χ0v) is 14.0. The van der Waals surface area contributed by atoms with E-state index in [1.165, 1.54) is 18.7 Å². The third kappa shape index (κ3) is 4.20. The van der Waals surface area contributed by atoms with Crippen molar-refractivity contribution >= 4 is 15.7 Å². The Hall–Kier alpha value is -2.88. The van der Waals surface area contributed by atoms with Gasteiger partial charge in [0, 0.05) is 5.69 Å². The lowest BCUT2D eigenvalue weighted by Crippen LogP contribution is -2.15. The maximum Gasteiger partial charge on any atom is 0.416 e. The number of rotatable bonds is 5. The van der Waals surface area contributed by atoms with Crippen LogP contribution >= 0.6 is 0 Å². The second-order valence-electron chi connectivity index (χ2n) is 5.42. The molecule has 0 atom stereocenters. The van der Waals surface area contributed by atoms with Gasteiger partial charge in [-0.15, -0.1) is 0 Å². The number of aromatic nitrogens is 3. The zero-order chi connectivity index (χ0) is 18.8. The van der Waals surface area contributed by atoms with E-state index in [0.29, 0.717) is 12.6 Å². The summed E-state index contributed by atoms with van der Waals surface area (Å²) in [5.41, 5.74) is -0.0416. The first kappa shape index (κ1) is 17.9. The Morgan fingerprint density at radius 1 is 1.08 bits per heavy atom. The number of benzene rings is 2. The second-order valence-corrected chi connectivity index (χ2v) is 7.11. The highest BCUT2D eigenvalue weighted by molar-refractivity contribution is 7.92. The van der Waals surface area contributed by atoms with Crippen molar-refractivity contribution in [3.05, 3.63) is 72.3 Å². The standard InChI is InChI=1S/C16H13F3N4O2S/c17-16(18,19)13-4-2-6-15(8-13)26(24,25)22-14-5-1-3-12(7-14)9-23-11-20-10-21-23/h1-8,10-11,22H,9H2. The Labute approximate surface area is 147 Å². The molecule has 136 valence electrons. The monoisotopic (exact) mass is 382 g/mol. The van der Waals surface area contributed by atoms with Crippen LogP contribution in [-0.2, 0) is 22.7 Å². The Morgan fingerprint density at radius 2 is 1.85 bits per heavy atom. The Balaban J connectivity index is 1.84. The molecule has 1 aromatic heterocycles. The van der Waals surface area contributed by atoms with Crippen molar-refractivity contribution in [2.24, 2.45) is 0 Å². The number of hydrogen-bond acceptors (Lipinski definition) is 4. The van der Waals surface area contributed by atoms with Gasteiger partial charge in [-0.2, -0.15) is 18.3 Å². The van der Waals surface area contributed by atoms with Crippen molar-refractivity contribution in [1.29, 1.82) is 0 Å². The molecule has 0 spiro atoms. The van der Waals surface area contributed by atoms with Crippen LogP contribution in [0.2, 0.25) is 0 Å². The van der Waals surface area contributed by atoms with E-state index in [-0.39, 0.29) is 5.69 Å². The van der Waals surface area contributed by atoms with Gasteiger partial charge in [-0.1, -0.05) is 18.2 Å². The van der Waals surface area contributed by atoms with Crippen LogP contribution in [0.15, 0.2) is 66.1 Å². The van der Waals surface area contributed by atoms with Crippen LogP contribution in [0.4, 0.5) is 18.9 Å². The van der Waals surface area contributed by atoms with Crippen LogP contribution in [0.25, 0.3) is 0 Å². The van der Waals surface area contributed by atoms with Crippen LogP contribution in [0.5, 0.6) is 0 Å². The summed E-state index contributed by atoms with van der Waals surface area (Å²) in [4.78, 5) is 3.35. The highest BCUT2D eigenvalue weighted by atomic mass is 32.2. The highest BCUT2D eigenvalue weighted by Gasteiger charge is 2.31. The van der Waals surface area contributed by atoms with E-state index >= 15 is 0 Å². The summed E-state index contributed by atoms with van der Waals surface area (Å²) in [7, 11) is -4.16. The van der Waals surface area contributed by atoms with E-state index < -0.39 is 26.7 Å². The molecule has 26 heavy (non-hydrogen) atoms. The summed E-state index contributed by atoms with van der Waals surface area (Å²) < 4.78 is 67.0. The van der Waals surface area contributed by atoms with Gasteiger partial charge in [-0.25, -0.2) is 18.1 Å². The summed E-state index contributed by atoms with van der Waals surface area (Å²) in [6.45, 7) is 0.374. The second kappa shape index (κ2) is 6.79. The Bertz CT molecular complexity index is 1000. The molecule has 0 radical (unpaired) electrons. The molecule has 0 bridgehead atoms. The average Bonchev–Trinajstić information content (AvgIpc) is 3.07. The molecule has 0 aliphatic rings. The van der Waals surface area contributed by atoms with Crippen LogP contribution < -0.4 is 4.72 Å². The highest BCUT2D eigenvalue weighted by Crippen LogP contribution is 2.30. The fraction of sp³-hybridized carbons (Fsp3) is 0.125. The molecule has 0 saturated heterocycles. The van der Waals surface area contributed by atoms with E-state index in [9.17, 15) is 21.6 Å². The fourth-order valence-electron chi connectivity index (χ4n) is 2.29. The van der Waals surface area contributed by atoms with E-state index in [4.69, 9.17) is 0 Å². The molecule has 0 aliphatic carbocycles. The summed E-state index contributed by atoms with van der Waals surface area (Å²) in [5.74, 6) is 0. The molecule has 10 heteroatoms. The molecule has 1 heterocycles. The first-order valence-corrected chi connectivity index (χ1v) is 8.84. The molecule has 3 rings (SSSR count). The minimum absolute atomic E-state index is 0.236. The normalized spacial score (nSPS) is 12.1. The van der Waals surface area contributed by atoms with Crippen molar-refractivity contribution in [1.82, 2.24) is 14.8 Å². The van der Waals surface area contributed by atoms with Gasteiger partial charge in [0.1, 0.15) is 12.7 Å². The van der Waals surface area contributed by atoms with Gasteiger partial charge in [0.15, 0.2) is 0 Å². The SMILES string of the molecule is O=S(=O)(Nc1cccc(Cn2cncn2)c1)c1cccc(C(F)(F)F)c1. The predicted molar refractivity (Wildman–Crippen MR) is 87.8 cm³/mol. The molecule has 0 aliphatic heterocycles. The first-order chi connectivity index (χ1) is 12.2. The van der Waals surface area contributed by atoms with E-state index in [0.717, 1.165) is 23.8 Å². The molecule has 0 fully saturated rings. The molecular formula is C16H13F3N4O2S. The zero-order valence-electron chi connectivity index (χ0n) is 13.2. The molecule has 0 amide bonds. The van der Waals surface area contributed by atoms with Crippen molar-refractivity contribution in [3.8, 4) is 0 Å². The number of halogens is 3. The lowest BCUT2D eigenvalue weighted by molar-refractivity contribution is -0.137. The van der Waals surface area contributed by atoms with Gasteiger partial charge in [0.25, 0.3) is 10.0 Å². The van der Waals surface area contributed by atoms with Gasteiger partial charge in [0.05, 0.1) is 17.0 Å². The summed E-state index contributed by atoms with van der Waals surface area (Å²) >= 11 is 0. The Kier molecular flexibility index (Phi) is 4.68. The van der Waals surface area contributed by atoms with Crippen LogP contribution in [0.3, 0.4) is 0 Å². The molecule has 1 N–H and O–H groups in total. The van der Waals surface area contributed by atoms with Gasteiger partial charge in [0.2, 0.25) is 0 Å². The topological polar surface area (TPSA) is 76.9 Å². The largest absolute Gasteiger partial charge is 0.416 e. The summed E-state index contributed by atoms with van der Waals surface area (Å²) in [6.07, 6.45) is -1.73. The molecule has 6 nitrogen and oxygen atoms in total. The van der Waals surface area contributed by atoms with Gasteiger partial charge in [-0.05, 0) is 35.9 Å². The quantitative estimate of drug-likeness (QED) is 0.736. The number of nitrogens with one attached hydrogen (secondary N) is 1. The van der Waals surface area contributed by atoms with Crippen LogP contribution in [0.1, 0.15) is 11.1 Å². The van der Waals surface area contributed by atoms with Crippen molar-refractivity contribution in [2.75, 3.05) is 4.72 Å². The number of anilines is 1. The van der Waals surface area contributed by atoms with Crippen LogP contribution in [-0.4, -0.2) is 23.2 Å². The third-order valence-electron chi connectivity index (χ3n) is 3.46. The van der Waals surface area contributed by atoms with Gasteiger partial charge < -0.3 is 0 Å². The van der Waals surface area contributed by atoms with Crippen molar-refractivity contribution in [2.45, 2.75) is 17.6 Å². The summed E-state index contributed by atoms with van der Waals surface area (Å²) in [6, 6.07) is 10.1. The number of hydrogen-bond donors (Lipinski definition) is 1. The van der Waals surface area contributed by atoms with E-state index in [1.54, 1.807) is 22.9 Å².